The monoisotopic (exact) mass is 360 g/mol. The summed E-state index contributed by atoms with van der Waals surface area (Å²) in [5, 5.41) is 0. The maximum atomic E-state index is 2.67. The van der Waals surface area contributed by atoms with Crippen molar-refractivity contribution in [1.29, 1.82) is 0 Å². The Morgan fingerprint density at radius 1 is 0.889 bits per heavy atom. The molecule has 1 aromatic rings. The Labute approximate surface area is 166 Å². The van der Waals surface area contributed by atoms with Crippen LogP contribution in [0.25, 0.3) is 0 Å². The second-order valence-corrected chi connectivity index (χ2v) is 10.5. The van der Waals surface area contributed by atoms with E-state index >= 15 is 0 Å². The molecule has 27 heavy (non-hydrogen) atoms. The van der Waals surface area contributed by atoms with Gasteiger partial charge in [-0.3, -0.25) is 0 Å². The summed E-state index contributed by atoms with van der Waals surface area (Å²) >= 11 is 0. The highest BCUT2D eigenvalue weighted by Gasteiger charge is 2.57. The summed E-state index contributed by atoms with van der Waals surface area (Å²) in [7, 11) is 0. The van der Waals surface area contributed by atoms with Crippen molar-refractivity contribution < 1.29 is 0 Å². The minimum Gasteiger partial charge on any atom is -0.0882 e. The van der Waals surface area contributed by atoms with Gasteiger partial charge in [0.25, 0.3) is 0 Å². The van der Waals surface area contributed by atoms with Gasteiger partial charge in [-0.2, -0.15) is 0 Å². The summed E-state index contributed by atoms with van der Waals surface area (Å²) in [5.41, 5.74) is 4.38. The Morgan fingerprint density at radius 3 is 2.59 bits per heavy atom. The van der Waals surface area contributed by atoms with Crippen LogP contribution in [0.3, 0.4) is 0 Å². The third-order valence-electron chi connectivity index (χ3n) is 9.48. The molecule has 0 radical (unpaired) electrons. The fraction of sp³-hybridized carbons (Fsp3) is 0.630. The summed E-state index contributed by atoms with van der Waals surface area (Å²) in [6.45, 7) is 5.28. The van der Waals surface area contributed by atoms with Gasteiger partial charge < -0.3 is 0 Å². The average molecular weight is 361 g/mol. The van der Waals surface area contributed by atoms with E-state index in [-0.39, 0.29) is 0 Å². The van der Waals surface area contributed by atoms with Gasteiger partial charge in [0.1, 0.15) is 0 Å². The van der Waals surface area contributed by atoms with Gasteiger partial charge in [-0.05, 0) is 97.9 Å². The molecule has 0 heterocycles. The van der Waals surface area contributed by atoms with Crippen molar-refractivity contribution in [3.8, 4) is 0 Å². The lowest BCUT2D eigenvalue weighted by Crippen LogP contribution is -2.51. The maximum absolute atomic E-state index is 2.67. The van der Waals surface area contributed by atoms with Gasteiger partial charge in [0.15, 0.2) is 0 Å². The first kappa shape index (κ1) is 17.8. The molecule has 2 fully saturated rings. The van der Waals surface area contributed by atoms with E-state index in [0.717, 1.165) is 23.7 Å². The fourth-order valence-corrected chi connectivity index (χ4v) is 7.81. The second-order valence-electron chi connectivity index (χ2n) is 10.5. The highest BCUT2D eigenvalue weighted by atomic mass is 14.6. The van der Waals surface area contributed by atoms with E-state index in [1.54, 1.807) is 5.57 Å². The van der Waals surface area contributed by atoms with Crippen molar-refractivity contribution in [2.45, 2.75) is 71.6 Å². The smallest absolute Gasteiger partial charge is 0.00822 e. The lowest BCUT2D eigenvalue weighted by atomic mass is 9.45. The number of aryl methyl sites for hydroxylation is 1. The van der Waals surface area contributed by atoms with Crippen LogP contribution in [-0.2, 0) is 6.42 Å². The zero-order valence-electron chi connectivity index (χ0n) is 17.3. The Kier molecular flexibility index (Phi) is 4.37. The van der Waals surface area contributed by atoms with Gasteiger partial charge in [-0.1, -0.05) is 68.0 Å². The van der Waals surface area contributed by atoms with Crippen LogP contribution in [0.1, 0.15) is 70.8 Å². The Morgan fingerprint density at radius 2 is 1.74 bits per heavy atom. The van der Waals surface area contributed by atoms with E-state index in [9.17, 15) is 0 Å². The van der Waals surface area contributed by atoms with E-state index in [2.05, 4.69) is 62.4 Å². The molecule has 144 valence electrons. The number of benzene rings is 1. The van der Waals surface area contributed by atoms with Crippen molar-refractivity contribution in [1.82, 2.24) is 0 Å². The molecular weight excluding hydrogens is 324 g/mol. The lowest BCUT2D eigenvalue weighted by molar-refractivity contribution is -0.0827. The van der Waals surface area contributed by atoms with E-state index in [1.807, 2.05) is 0 Å². The first-order chi connectivity index (χ1) is 13.1. The van der Waals surface area contributed by atoms with Gasteiger partial charge in [0, 0.05) is 0 Å². The molecule has 4 aliphatic rings. The van der Waals surface area contributed by atoms with Crippen LogP contribution in [0.5, 0.6) is 0 Å². The third kappa shape index (κ3) is 2.78. The standard InChI is InChI=1S/C27H36/c1-26-18-7-6-10-21(26)13-15-23-24-16-14-22(27(24,2)19-17-25(23)26)12-11-20-8-4-3-5-9-20/h3-9,14,21,23-25H,10-13,15-19H2,1-2H3/t21-,23-,24-,25-,26+,27-/m1/s1. The molecule has 0 nitrogen and oxygen atoms in total. The Hall–Kier alpha value is -1.30. The number of hydrogen-bond acceptors (Lipinski definition) is 0. The predicted molar refractivity (Wildman–Crippen MR) is 114 cm³/mol. The Bertz CT molecular complexity index is 741. The molecule has 6 atom stereocenters. The SMILES string of the molecule is C[C@]12CC=CC[C@@H]1CC[C@H]1[C@H]2CC[C@]2(C)C(CCc3ccccc3)=CC[C@H]12. The minimum atomic E-state index is 0.490. The fourth-order valence-electron chi connectivity index (χ4n) is 7.81. The summed E-state index contributed by atoms with van der Waals surface area (Å²) < 4.78 is 0. The van der Waals surface area contributed by atoms with Crippen LogP contribution >= 0.6 is 0 Å². The maximum Gasteiger partial charge on any atom is -0.00822 e. The summed E-state index contributed by atoms with van der Waals surface area (Å²) in [5.74, 6) is 3.83. The normalized spacial score (nSPS) is 42.8. The number of rotatable bonds is 3. The van der Waals surface area contributed by atoms with Crippen LogP contribution in [-0.4, -0.2) is 0 Å². The minimum absolute atomic E-state index is 0.490. The predicted octanol–water partition coefficient (Wildman–Crippen LogP) is 7.36. The molecule has 5 rings (SSSR count). The van der Waals surface area contributed by atoms with Gasteiger partial charge in [-0.15, -0.1) is 0 Å². The van der Waals surface area contributed by atoms with Crippen LogP contribution in [0.2, 0.25) is 0 Å². The molecule has 1 aromatic carbocycles. The van der Waals surface area contributed by atoms with Crippen LogP contribution in [0, 0.1) is 34.5 Å². The molecule has 0 amide bonds. The third-order valence-corrected chi connectivity index (χ3v) is 9.48. The van der Waals surface area contributed by atoms with Crippen molar-refractivity contribution in [2.24, 2.45) is 34.5 Å². The highest BCUT2D eigenvalue weighted by molar-refractivity contribution is 5.27. The molecule has 0 bridgehead atoms. The molecule has 0 aromatic heterocycles. The van der Waals surface area contributed by atoms with Gasteiger partial charge in [-0.25, -0.2) is 0 Å². The molecule has 0 aliphatic heterocycles. The quantitative estimate of drug-likeness (QED) is 0.494. The summed E-state index contributed by atoms with van der Waals surface area (Å²) in [6, 6.07) is 11.1. The number of allylic oxidation sites excluding steroid dienone is 4. The molecular formula is C27H36. The molecule has 2 saturated carbocycles. The molecule has 4 aliphatic carbocycles. The first-order valence-electron chi connectivity index (χ1n) is 11.5. The van der Waals surface area contributed by atoms with Crippen molar-refractivity contribution in [2.75, 3.05) is 0 Å². The second kappa shape index (κ2) is 6.64. The number of hydrogen-bond donors (Lipinski definition) is 0. The zero-order chi connectivity index (χ0) is 18.5. The summed E-state index contributed by atoms with van der Waals surface area (Å²) in [6.07, 6.45) is 20.1. The van der Waals surface area contributed by atoms with E-state index < -0.39 is 0 Å². The van der Waals surface area contributed by atoms with E-state index in [0.29, 0.717) is 10.8 Å². The molecule has 0 heteroatoms. The molecule has 0 saturated heterocycles. The molecule has 0 N–H and O–H groups in total. The average Bonchev–Trinajstić information content (AvgIpc) is 3.03. The topological polar surface area (TPSA) is 0 Å². The van der Waals surface area contributed by atoms with E-state index in [4.69, 9.17) is 0 Å². The zero-order valence-corrected chi connectivity index (χ0v) is 17.3. The number of fused-ring (bicyclic) bond motifs is 5. The Balaban J connectivity index is 1.34. The van der Waals surface area contributed by atoms with Crippen molar-refractivity contribution in [3.63, 3.8) is 0 Å². The molecule has 0 unspecified atom stereocenters. The van der Waals surface area contributed by atoms with Crippen LogP contribution < -0.4 is 0 Å². The van der Waals surface area contributed by atoms with E-state index in [1.165, 1.54) is 63.4 Å². The van der Waals surface area contributed by atoms with Crippen LogP contribution in [0.15, 0.2) is 54.1 Å². The summed E-state index contributed by atoms with van der Waals surface area (Å²) in [4.78, 5) is 0. The van der Waals surface area contributed by atoms with Crippen molar-refractivity contribution >= 4 is 0 Å². The lowest BCUT2D eigenvalue weighted by Gasteiger charge is -2.59. The van der Waals surface area contributed by atoms with Gasteiger partial charge in [0.05, 0.1) is 0 Å². The van der Waals surface area contributed by atoms with Gasteiger partial charge >= 0.3 is 0 Å². The van der Waals surface area contributed by atoms with Crippen LogP contribution in [0.4, 0.5) is 0 Å². The highest BCUT2D eigenvalue weighted by Crippen LogP contribution is 2.66. The van der Waals surface area contributed by atoms with Crippen molar-refractivity contribution in [3.05, 3.63) is 59.7 Å². The molecule has 0 spiro atoms. The van der Waals surface area contributed by atoms with Gasteiger partial charge in [0.2, 0.25) is 0 Å². The largest absolute Gasteiger partial charge is 0.0882 e. The first-order valence-corrected chi connectivity index (χ1v) is 11.5.